The van der Waals surface area contributed by atoms with Crippen molar-refractivity contribution in [3.63, 3.8) is 0 Å². The van der Waals surface area contributed by atoms with Crippen LogP contribution >= 0.6 is 0 Å². The molecule has 0 aliphatic carbocycles. The molecule has 1 aromatic heterocycles. The van der Waals surface area contributed by atoms with Gasteiger partial charge in [0.05, 0.1) is 29.8 Å². The van der Waals surface area contributed by atoms with Crippen LogP contribution in [-0.4, -0.2) is 36.7 Å². The molecule has 1 N–H and O–H groups in total. The first kappa shape index (κ1) is 17.1. The summed E-state index contributed by atoms with van der Waals surface area (Å²) >= 11 is 0. The van der Waals surface area contributed by atoms with Gasteiger partial charge in [-0.15, -0.1) is 0 Å². The summed E-state index contributed by atoms with van der Waals surface area (Å²) in [4.78, 5) is 19.4. The number of esters is 1. The van der Waals surface area contributed by atoms with E-state index in [1.165, 1.54) is 7.11 Å². The van der Waals surface area contributed by atoms with Gasteiger partial charge >= 0.3 is 5.97 Å². The predicted octanol–water partition coefficient (Wildman–Crippen LogP) is 3.56. The van der Waals surface area contributed by atoms with Crippen LogP contribution in [0.1, 0.15) is 18.5 Å². The first-order chi connectivity index (χ1) is 13.0. The molecule has 0 bridgehead atoms. The van der Waals surface area contributed by atoms with Crippen molar-refractivity contribution in [2.75, 3.05) is 31.4 Å². The van der Waals surface area contributed by atoms with Gasteiger partial charge in [0.1, 0.15) is 0 Å². The number of benzene rings is 2. The van der Waals surface area contributed by atoms with Gasteiger partial charge in [-0.05, 0) is 36.8 Å². The van der Waals surface area contributed by atoms with Crippen molar-refractivity contribution in [3.05, 3.63) is 65.4 Å². The summed E-state index contributed by atoms with van der Waals surface area (Å²) in [6, 6.07) is 15.8. The monoisotopic (exact) mass is 362 g/mol. The highest BCUT2D eigenvalue weighted by molar-refractivity contribution is 5.94. The lowest BCUT2D eigenvalue weighted by atomic mass is 9.95. The Bertz CT molecular complexity index is 1050. The summed E-state index contributed by atoms with van der Waals surface area (Å²) in [5, 5.41) is 3.27. The van der Waals surface area contributed by atoms with Crippen molar-refractivity contribution in [1.29, 1.82) is 0 Å². The maximum absolute atomic E-state index is 12.6. The number of nitrogens with zero attached hydrogens (tertiary/aromatic N) is 3. The van der Waals surface area contributed by atoms with Gasteiger partial charge in [-0.2, -0.15) is 0 Å². The molecular formula is C21H22N4O2. The second-order valence-corrected chi connectivity index (χ2v) is 6.84. The number of anilines is 2. The van der Waals surface area contributed by atoms with Crippen LogP contribution in [0, 0.1) is 0 Å². The van der Waals surface area contributed by atoms with Gasteiger partial charge in [-0.1, -0.05) is 24.3 Å². The van der Waals surface area contributed by atoms with Gasteiger partial charge in [-0.25, -0.2) is 9.78 Å². The van der Waals surface area contributed by atoms with E-state index in [9.17, 15) is 4.79 Å². The van der Waals surface area contributed by atoms with Gasteiger partial charge in [0.2, 0.25) is 5.95 Å². The van der Waals surface area contributed by atoms with Crippen LogP contribution in [-0.2, 0) is 9.53 Å². The standard InChI is InChI=1S/C21H22N4O2/c1-13-18(20(26)27-4)19(14-9-11-15(12-10-14)24(2)3)25-17-8-6-5-7-16(17)23-21(25)22-13/h5-12,19H,1-4H3,(H,22,23)/t19-/m1/s1. The van der Waals surface area contributed by atoms with E-state index in [2.05, 4.69) is 34.1 Å². The Kier molecular flexibility index (Phi) is 4.11. The van der Waals surface area contributed by atoms with Crippen LogP contribution in [0.3, 0.4) is 0 Å². The van der Waals surface area contributed by atoms with E-state index in [1.807, 2.05) is 50.2 Å². The molecule has 6 nitrogen and oxygen atoms in total. The van der Waals surface area contributed by atoms with Crippen LogP contribution in [0.2, 0.25) is 0 Å². The number of methoxy groups -OCH3 is 1. The van der Waals surface area contributed by atoms with Crippen LogP contribution in [0.15, 0.2) is 59.8 Å². The molecule has 2 heterocycles. The Balaban J connectivity index is 1.95. The number of rotatable bonds is 3. The summed E-state index contributed by atoms with van der Waals surface area (Å²) < 4.78 is 7.17. The van der Waals surface area contributed by atoms with Gasteiger partial charge < -0.3 is 15.0 Å². The molecule has 0 saturated carbocycles. The number of fused-ring (bicyclic) bond motifs is 3. The number of imidazole rings is 1. The number of carbonyl (C=O) groups excluding carboxylic acids is 1. The van der Waals surface area contributed by atoms with Crippen molar-refractivity contribution in [2.45, 2.75) is 13.0 Å². The number of aromatic nitrogens is 2. The fourth-order valence-corrected chi connectivity index (χ4v) is 3.61. The van der Waals surface area contributed by atoms with Crippen molar-refractivity contribution >= 4 is 28.6 Å². The third kappa shape index (κ3) is 2.73. The number of ether oxygens (including phenoxy) is 1. The number of allylic oxidation sites excluding steroid dienone is 1. The highest BCUT2D eigenvalue weighted by Crippen LogP contribution is 2.39. The average Bonchev–Trinajstić information content (AvgIpc) is 3.04. The second-order valence-electron chi connectivity index (χ2n) is 6.84. The van der Waals surface area contributed by atoms with E-state index in [0.29, 0.717) is 5.57 Å². The third-order valence-electron chi connectivity index (χ3n) is 4.96. The minimum absolute atomic E-state index is 0.308. The van der Waals surface area contributed by atoms with Crippen molar-refractivity contribution in [1.82, 2.24) is 9.55 Å². The molecule has 1 atom stereocenters. The fraction of sp³-hybridized carbons (Fsp3) is 0.238. The Morgan fingerprint density at radius 2 is 1.85 bits per heavy atom. The fourth-order valence-electron chi connectivity index (χ4n) is 3.61. The van der Waals surface area contributed by atoms with Crippen molar-refractivity contribution in [2.24, 2.45) is 0 Å². The summed E-state index contributed by atoms with van der Waals surface area (Å²) in [5.74, 6) is 0.383. The molecule has 0 saturated heterocycles. The highest BCUT2D eigenvalue weighted by atomic mass is 16.5. The molecule has 0 fully saturated rings. The Morgan fingerprint density at radius 1 is 1.15 bits per heavy atom. The van der Waals surface area contributed by atoms with Gasteiger partial charge in [0, 0.05) is 25.5 Å². The van der Waals surface area contributed by atoms with E-state index in [0.717, 1.165) is 33.9 Å². The SMILES string of the molecule is COC(=O)C1=C(C)Nc2nc3ccccc3n2[C@@H]1c1ccc(N(C)C)cc1. The number of carbonyl (C=O) groups is 1. The van der Waals surface area contributed by atoms with Crippen LogP contribution < -0.4 is 10.2 Å². The Labute approximate surface area is 158 Å². The number of para-hydroxylation sites is 2. The lowest BCUT2D eigenvalue weighted by Crippen LogP contribution is -2.28. The first-order valence-electron chi connectivity index (χ1n) is 8.81. The largest absolute Gasteiger partial charge is 0.466 e. The topological polar surface area (TPSA) is 59.4 Å². The van der Waals surface area contributed by atoms with Crippen LogP contribution in [0.25, 0.3) is 11.0 Å². The molecule has 0 spiro atoms. The minimum Gasteiger partial charge on any atom is -0.466 e. The highest BCUT2D eigenvalue weighted by Gasteiger charge is 2.34. The Hall–Kier alpha value is -3.28. The lowest BCUT2D eigenvalue weighted by Gasteiger charge is -2.30. The quantitative estimate of drug-likeness (QED) is 0.722. The van der Waals surface area contributed by atoms with E-state index in [-0.39, 0.29) is 12.0 Å². The molecule has 3 aromatic rings. The van der Waals surface area contributed by atoms with E-state index >= 15 is 0 Å². The average molecular weight is 362 g/mol. The Morgan fingerprint density at radius 3 is 2.52 bits per heavy atom. The molecule has 1 aliphatic heterocycles. The molecule has 27 heavy (non-hydrogen) atoms. The van der Waals surface area contributed by atoms with Crippen LogP contribution in [0.4, 0.5) is 11.6 Å². The lowest BCUT2D eigenvalue weighted by molar-refractivity contribution is -0.136. The van der Waals surface area contributed by atoms with Crippen molar-refractivity contribution < 1.29 is 9.53 Å². The van der Waals surface area contributed by atoms with E-state index < -0.39 is 0 Å². The summed E-state index contributed by atoms with van der Waals surface area (Å²) in [6.07, 6.45) is 0. The zero-order chi connectivity index (χ0) is 19.1. The molecule has 1 aliphatic rings. The molecule has 0 radical (unpaired) electrons. The normalized spacial score (nSPS) is 16.1. The zero-order valence-electron chi connectivity index (χ0n) is 15.9. The van der Waals surface area contributed by atoms with Gasteiger partial charge in [-0.3, -0.25) is 4.57 Å². The third-order valence-corrected chi connectivity index (χ3v) is 4.96. The summed E-state index contributed by atoms with van der Waals surface area (Å²) in [5.41, 5.74) is 5.30. The number of hydrogen-bond acceptors (Lipinski definition) is 5. The second kappa shape index (κ2) is 6.46. The molecule has 6 heteroatoms. The smallest absolute Gasteiger partial charge is 0.337 e. The van der Waals surface area contributed by atoms with Crippen LogP contribution in [0.5, 0.6) is 0 Å². The first-order valence-corrected chi connectivity index (χ1v) is 8.81. The number of nitrogens with one attached hydrogen (secondary N) is 1. The molecule has 0 unspecified atom stereocenters. The van der Waals surface area contributed by atoms with E-state index in [4.69, 9.17) is 9.72 Å². The molecule has 4 rings (SSSR count). The molecule has 138 valence electrons. The maximum atomic E-state index is 12.6. The summed E-state index contributed by atoms with van der Waals surface area (Å²) in [7, 11) is 5.42. The molecule has 2 aromatic carbocycles. The minimum atomic E-state index is -0.342. The maximum Gasteiger partial charge on any atom is 0.337 e. The molecular weight excluding hydrogens is 340 g/mol. The van der Waals surface area contributed by atoms with E-state index in [1.54, 1.807) is 0 Å². The van der Waals surface area contributed by atoms with Gasteiger partial charge in [0.15, 0.2) is 0 Å². The zero-order valence-corrected chi connectivity index (χ0v) is 15.9. The predicted molar refractivity (Wildman–Crippen MR) is 107 cm³/mol. The van der Waals surface area contributed by atoms with Gasteiger partial charge in [0.25, 0.3) is 0 Å². The summed E-state index contributed by atoms with van der Waals surface area (Å²) in [6.45, 7) is 1.89. The molecule has 0 amide bonds. The number of hydrogen-bond donors (Lipinski definition) is 1. The van der Waals surface area contributed by atoms with Crippen molar-refractivity contribution in [3.8, 4) is 0 Å².